The van der Waals surface area contributed by atoms with Crippen LogP contribution < -0.4 is 4.74 Å². The van der Waals surface area contributed by atoms with E-state index in [1.54, 1.807) is 6.07 Å². The second kappa shape index (κ2) is 11.1. The van der Waals surface area contributed by atoms with Crippen LogP contribution in [0.4, 0.5) is 13.2 Å². The Hall–Kier alpha value is -1.97. The van der Waals surface area contributed by atoms with Crippen molar-refractivity contribution in [3.63, 3.8) is 0 Å². The third-order valence-corrected chi connectivity index (χ3v) is 6.53. The van der Waals surface area contributed by atoms with Gasteiger partial charge in [0.1, 0.15) is 5.75 Å². The maximum Gasteiger partial charge on any atom is 0.417 e. The zero-order valence-corrected chi connectivity index (χ0v) is 18.8. The zero-order chi connectivity index (χ0) is 22.3. The van der Waals surface area contributed by atoms with Gasteiger partial charge in [-0.3, -0.25) is 0 Å². The van der Waals surface area contributed by atoms with Gasteiger partial charge in [-0.25, -0.2) is 0 Å². The average molecular weight is 433 g/mol. The van der Waals surface area contributed by atoms with Gasteiger partial charge in [0.25, 0.3) is 0 Å². The summed E-state index contributed by atoms with van der Waals surface area (Å²) in [6.45, 7) is 4.58. The van der Waals surface area contributed by atoms with Crippen LogP contribution in [-0.2, 0) is 6.18 Å². The van der Waals surface area contributed by atoms with E-state index in [-0.39, 0.29) is 11.3 Å². The van der Waals surface area contributed by atoms with E-state index in [9.17, 15) is 13.2 Å². The Morgan fingerprint density at radius 2 is 1.58 bits per heavy atom. The zero-order valence-electron chi connectivity index (χ0n) is 18.8. The number of benzene rings is 2. The fourth-order valence-electron chi connectivity index (χ4n) is 4.72. The molecule has 31 heavy (non-hydrogen) atoms. The Labute approximate surface area is 185 Å². The van der Waals surface area contributed by atoms with Crippen LogP contribution in [0.5, 0.6) is 5.75 Å². The van der Waals surface area contributed by atoms with Crippen LogP contribution in [-0.4, -0.2) is 6.61 Å². The molecule has 170 valence electrons. The summed E-state index contributed by atoms with van der Waals surface area (Å²) in [7, 11) is 0. The van der Waals surface area contributed by atoms with E-state index in [1.807, 2.05) is 31.2 Å². The quantitative estimate of drug-likeness (QED) is 0.359. The second-order valence-electron chi connectivity index (χ2n) is 8.89. The fourth-order valence-corrected chi connectivity index (χ4v) is 4.72. The number of alkyl halides is 3. The molecule has 1 saturated carbocycles. The Balaban J connectivity index is 1.70. The Morgan fingerprint density at radius 3 is 2.19 bits per heavy atom. The average Bonchev–Trinajstić information content (AvgIpc) is 2.78. The summed E-state index contributed by atoms with van der Waals surface area (Å²) < 4.78 is 46.5. The highest BCUT2D eigenvalue weighted by molar-refractivity contribution is 5.69. The van der Waals surface area contributed by atoms with Crippen LogP contribution >= 0.6 is 0 Å². The van der Waals surface area contributed by atoms with Crippen LogP contribution in [0, 0.1) is 5.92 Å². The lowest BCUT2D eigenvalue weighted by Crippen LogP contribution is -2.13. The molecule has 0 spiro atoms. The molecule has 0 amide bonds. The van der Waals surface area contributed by atoms with E-state index in [4.69, 9.17) is 4.74 Å². The highest BCUT2D eigenvalue weighted by atomic mass is 19.4. The summed E-state index contributed by atoms with van der Waals surface area (Å²) >= 11 is 0. The molecule has 1 aliphatic carbocycles. The van der Waals surface area contributed by atoms with Gasteiger partial charge in [0, 0.05) is 0 Å². The normalized spacial score (nSPS) is 19.4. The molecule has 0 atom stereocenters. The summed E-state index contributed by atoms with van der Waals surface area (Å²) in [6, 6.07) is 12.0. The molecule has 1 aliphatic rings. The maximum atomic E-state index is 13.7. The Kier molecular flexibility index (Phi) is 8.45. The molecule has 1 fully saturated rings. The van der Waals surface area contributed by atoms with Crippen LogP contribution in [0.25, 0.3) is 11.1 Å². The minimum absolute atomic E-state index is 0.211. The fraction of sp³-hybridized carbons (Fsp3) is 0.556. The lowest BCUT2D eigenvalue weighted by atomic mass is 9.77. The maximum absolute atomic E-state index is 13.7. The molecule has 0 radical (unpaired) electrons. The van der Waals surface area contributed by atoms with E-state index in [2.05, 4.69) is 6.92 Å². The first-order valence-electron chi connectivity index (χ1n) is 11.9. The van der Waals surface area contributed by atoms with Gasteiger partial charge in [0.2, 0.25) is 0 Å². The highest BCUT2D eigenvalue weighted by Crippen LogP contribution is 2.41. The van der Waals surface area contributed by atoms with Gasteiger partial charge in [-0.15, -0.1) is 0 Å². The molecule has 3 rings (SSSR count). The van der Waals surface area contributed by atoms with Gasteiger partial charge in [0.05, 0.1) is 12.2 Å². The minimum atomic E-state index is -4.42. The first kappa shape index (κ1) is 23.7. The number of rotatable bonds is 9. The van der Waals surface area contributed by atoms with Gasteiger partial charge in [-0.2, -0.15) is 13.2 Å². The van der Waals surface area contributed by atoms with Crippen molar-refractivity contribution in [2.24, 2.45) is 5.92 Å². The predicted molar refractivity (Wildman–Crippen MR) is 122 cm³/mol. The van der Waals surface area contributed by atoms with Crippen molar-refractivity contribution in [3.05, 3.63) is 53.6 Å². The lowest BCUT2D eigenvalue weighted by Gasteiger charge is -2.29. The summed E-state index contributed by atoms with van der Waals surface area (Å²) in [6.07, 6.45) is 6.53. The molecular formula is C27H35F3O. The molecule has 0 aliphatic heterocycles. The second-order valence-corrected chi connectivity index (χ2v) is 8.89. The highest BCUT2D eigenvalue weighted by Gasteiger charge is 2.34. The number of hydrogen-bond donors (Lipinski definition) is 0. The number of halogens is 3. The van der Waals surface area contributed by atoms with Crippen LogP contribution in [0.3, 0.4) is 0 Å². The monoisotopic (exact) mass is 432 g/mol. The lowest BCUT2D eigenvalue weighted by molar-refractivity contribution is -0.137. The van der Waals surface area contributed by atoms with Crippen molar-refractivity contribution in [3.8, 4) is 16.9 Å². The van der Waals surface area contributed by atoms with Crippen molar-refractivity contribution in [2.75, 3.05) is 6.61 Å². The van der Waals surface area contributed by atoms with Gasteiger partial charge >= 0.3 is 6.18 Å². The standard InChI is InChI=1S/C27H35F3O/c1-3-5-6-7-20-8-10-21(11-9-20)22-12-14-23(15-13-22)25-17-16-24(31-18-4-2)19-26(25)27(28,29)30/h12-17,19-21H,3-11,18H2,1-2H3. The Morgan fingerprint density at radius 1 is 0.871 bits per heavy atom. The Bertz CT molecular complexity index is 802. The molecule has 0 N–H and O–H groups in total. The molecule has 4 heteroatoms. The molecular weight excluding hydrogens is 397 g/mol. The van der Waals surface area contributed by atoms with E-state index in [0.717, 1.165) is 18.4 Å². The van der Waals surface area contributed by atoms with Gasteiger partial charge < -0.3 is 4.74 Å². The van der Waals surface area contributed by atoms with Gasteiger partial charge in [-0.1, -0.05) is 69.9 Å². The van der Waals surface area contributed by atoms with E-state index in [0.29, 0.717) is 18.1 Å². The number of hydrogen-bond acceptors (Lipinski definition) is 1. The van der Waals surface area contributed by atoms with Gasteiger partial charge in [-0.05, 0) is 72.8 Å². The largest absolute Gasteiger partial charge is 0.494 e. The van der Waals surface area contributed by atoms with Crippen molar-refractivity contribution in [1.82, 2.24) is 0 Å². The summed E-state index contributed by atoms with van der Waals surface area (Å²) in [5, 5.41) is 0. The molecule has 0 unspecified atom stereocenters. The molecule has 0 saturated heterocycles. The first-order chi connectivity index (χ1) is 14.9. The predicted octanol–water partition coefficient (Wildman–Crippen LogP) is 9.02. The molecule has 2 aromatic carbocycles. The minimum Gasteiger partial charge on any atom is -0.494 e. The topological polar surface area (TPSA) is 9.23 Å². The number of unbranched alkanes of at least 4 members (excludes halogenated alkanes) is 2. The SMILES string of the molecule is CCCCCC1CCC(c2ccc(-c3ccc(OCCC)cc3C(F)(F)F)cc2)CC1. The van der Waals surface area contributed by atoms with Crippen molar-refractivity contribution in [2.45, 2.75) is 83.7 Å². The molecule has 0 bridgehead atoms. The van der Waals surface area contributed by atoms with Crippen LogP contribution in [0.1, 0.15) is 88.7 Å². The smallest absolute Gasteiger partial charge is 0.417 e. The van der Waals surface area contributed by atoms with Gasteiger partial charge in [0.15, 0.2) is 0 Å². The van der Waals surface area contributed by atoms with Crippen molar-refractivity contribution >= 4 is 0 Å². The van der Waals surface area contributed by atoms with Crippen LogP contribution in [0.15, 0.2) is 42.5 Å². The van der Waals surface area contributed by atoms with E-state index in [1.165, 1.54) is 63.0 Å². The molecule has 0 heterocycles. The van der Waals surface area contributed by atoms with Crippen molar-refractivity contribution < 1.29 is 17.9 Å². The number of ether oxygens (including phenoxy) is 1. The van der Waals surface area contributed by atoms with Crippen molar-refractivity contribution in [1.29, 1.82) is 0 Å². The van der Waals surface area contributed by atoms with Crippen LogP contribution in [0.2, 0.25) is 0 Å². The van der Waals surface area contributed by atoms with E-state index < -0.39 is 11.7 Å². The molecule has 0 aromatic heterocycles. The summed E-state index contributed by atoms with van der Waals surface area (Å²) in [5.41, 5.74) is 1.43. The molecule has 2 aromatic rings. The summed E-state index contributed by atoms with van der Waals surface area (Å²) in [4.78, 5) is 0. The summed E-state index contributed by atoms with van der Waals surface area (Å²) in [5.74, 6) is 1.65. The van der Waals surface area contributed by atoms with E-state index >= 15 is 0 Å². The third kappa shape index (κ3) is 6.51. The first-order valence-corrected chi connectivity index (χ1v) is 11.9. The third-order valence-electron chi connectivity index (χ3n) is 6.53. The molecule has 1 nitrogen and oxygen atoms in total.